The van der Waals surface area contributed by atoms with Gasteiger partial charge in [0.2, 0.25) is 0 Å². The minimum absolute atomic E-state index is 0.0881. The van der Waals surface area contributed by atoms with Gasteiger partial charge < -0.3 is 15.1 Å². The predicted molar refractivity (Wildman–Crippen MR) is 85.6 cm³/mol. The van der Waals surface area contributed by atoms with Crippen LogP contribution in [0.4, 0.5) is 0 Å². The summed E-state index contributed by atoms with van der Waals surface area (Å²) in [5.41, 5.74) is 1.10. The minimum atomic E-state index is 0.0881. The summed E-state index contributed by atoms with van der Waals surface area (Å²) in [5, 5.41) is 22.4. The fourth-order valence-electron chi connectivity index (χ4n) is 2.37. The zero-order chi connectivity index (χ0) is 15.5. The Labute approximate surface area is 127 Å². The summed E-state index contributed by atoms with van der Waals surface area (Å²) < 4.78 is 5.05. The van der Waals surface area contributed by atoms with E-state index < -0.39 is 0 Å². The molecule has 0 bridgehead atoms. The molecule has 4 heteroatoms. The van der Waals surface area contributed by atoms with Gasteiger partial charge >= 0.3 is 0 Å². The maximum atomic E-state index is 9.95. The zero-order valence-corrected chi connectivity index (χ0v) is 13.1. The SMILES string of the molecule is CCCCCCCCCC(=NO)c1ccc(OC)cc1O. The number of benzene rings is 1. The van der Waals surface area contributed by atoms with Gasteiger partial charge in [-0.2, -0.15) is 0 Å². The number of hydrogen-bond donors (Lipinski definition) is 2. The van der Waals surface area contributed by atoms with Crippen molar-refractivity contribution >= 4 is 5.71 Å². The van der Waals surface area contributed by atoms with Crippen molar-refractivity contribution in [1.29, 1.82) is 0 Å². The third-order valence-corrected chi connectivity index (χ3v) is 3.65. The summed E-state index contributed by atoms with van der Waals surface area (Å²) in [6, 6.07) is 5.01. The first kappa shape index (κ1) is 17.3. The second-order valence-electron chi connectivity index (χ2n) is 5.30. The van der Waals surface area contributed by atoms with Crippen LogP contribution in [0.3, 0.4) is 0 Å². The van der Waals surface area contributed by atoms with Crippen molar-refractivity contribution in [2.75, 3.05) is 7.11 Å². The Morgan fingerprint density at radius 1 is 1.10 bits per heavy atom. The number of nitrogens with zero attached hydrogens (tertiary/aromatic N) is 1. The second kappa shape index (κ2) is 10.1. The molecule has 2 N–H and O–H groups in total. The van der Waals surface area contributed by atoms with Gasteiger partial charge in [0.1, 0.15) is 11.5 Å². The molecule has 0 radical (unpaired) electrons. The van der Waals surface area contributed by atoms with Gasteiger partial charge in [0.05, 0.1) is 12.8 Å². The molecular weight excluding hydrogens is 266 g/mol. The maximum absolute atomic E-state index is 9.95. The lowest BCUT2D eigenvalue weighted by atomic mass is 10.0. The summed E-state index contributed by atoms with van der Waals surface area (Å²) in [5.74, 6) is 0.676. The fourth-order valence-corrected chi connectivity index (χ4v) is 2.37. The number of phenols is 1. The molecule has 0 spiro atoms. The summed E-state index contributed by atoms with van der Waals surface area (Å²) in [4.78, 5) is 0. The number of unbranched alkanes of at least 4 members (excludes halogenated alkanes) is 6. The lowest BCUT2D eigenvalue weighted by Crippen LogP contribution is -2.02. The van der Waals surface area contributed by atoms with E-state index in [-0.39, 0.29) is 5.75 Å². The molecule has 1 rings (SSSR count). The smallest absolute Gasteiger partial charge is 0.128 e. The van der Waals surface area contributed by atoms with E-state index in [0.717, 1.165) is 12.8 Å². The summed E-state index contributed by atoms with van der Waals surface area (Å²) >= 11 is 0. The van der Waals surface area contributed by atoms with E-state index in [4.69, 9.17) is 9.94 Å². The highest BCUT2D eigenvalue weighted by Gasteiger charge is 2.10. The molecule has 0 aliphatic carbocycles. The summed E-state index contributed by atoms with van der Waals surface area (Å²) in [7, 11) is 1.55. The first-order valence-electron chi connectivity index (χ1n) is 7.81. The number of ether oxygens (including phenoxy) is 1. The average Bonchev–Trinajstić information content (AvgIpc) is 2.50. The van der Waals surface area contributed by atoms with Gasteiger partial charge in [-0.05, 0) is 25.0 Å². The van der Waals surface area contributed by atoms with E-state index in [1.807, 2.05) is 0 Å². The van der Waals surface area contributed by atoms with E-state index in [1.54, 1.807) is 19.2 Å². The van der Waals surface area contributed by atoms with Crippen LogP contribution in [0.1, 0.15) is 63.9 Å². The van der Waals surface area contributed by atoms with Gasteiger partial charge in [-0.3, -0.25) is 0 Å². The molecule has 0 atom stereocenters. The first-order chi connectivity index (χ1) is 10.2. The number of oxime groups is 1. The van der Waals surface area contributed by atoms with Crippen molar-refractivity contribution in [3.63, 3.8) is 0 Å². The zero-order valence-electron chi connectivity index (χ0n) is 13.1. The molecule has 21 heavy (non-hydrogen) atoms. The molecule has 1 aromatic rings. The minimum Gasteiger partial charge on any atom is -0.507 e. The van der Waals surface area contributed by atoms with E-state index in [1.165, 1.54) is 38.2 Å². The topological polar surface area (TPSA) is 62.1 Å². The van der Waals surface area contributed by atoms with Crippen LogP contribution in [-0.4, -0.2) is 23.1 Å². The fraction of sp³-hybridized carbons (Fsp3) is 0.588. The third-order valence-electron chi connectivity index (χ3n) is 3.65. The standard InChI is InChI=1S/C17H27NO3/c1-3-4-5-6-7-8-9-10-16(18-20)15-12-11-14(21-2)13-17(15)19/h11-13,19-20H,3-10H2,1-2H3. The van der Waals surface area contributed by atoms with Gasteiger partial charge in [-0.25, -0.2) is 0 Å². The highest BCUT2D eigenvalue weighted by molar-refractivity contribution is 6.02. The molecule has 118 valence electrons. The Bertz CT molecular complexity index is 444. The Hall–Kier alpha value is -1.71. The molecule has 0 fully saturated rings. The number of hydrogen-bond acceptors (Lipinski definition) is 4. The molecule has 0 aromatic heterocycles. The Kier molecular flexibility index (Phi) is 8.32. The predicted octanol–water partition coefficient (Wildman–Crippen LogP) is 4.72. The molecule has 0 aliphatic rings. The molecule has 1 aromatic carbocycles. The maximum Gasteiger partial charge on any atom is 0.128 e. The van der Waals surface area contributed by atoms with Gasteiger partial charge in [-0.15, -0.1) is 0 Å². The van der Waals surface area contributed by atoms with Crippen LogP contribution in [0.25, 0.3) is 0 Å². The van der Waals surface area contributed by atoms with Crippen molar-refractivity contribution in [3.05, 3.63) is 23.8 Å². The molecule has 4 nitrogen and oxygen atoms in total. The highest BCUT2D eigenvalue weighted by Crippen LogP contribution is 2.25. The average molecular weight is 293 g/mol. The van der Waals surface area contributed by atoms with Crippen LogP contribution >= 0.6 is 0 Å². The molecule has 0 heterocycles. The Morgan fingerprint density at radius 3 is 2.33 bits per heavy atom. The van der Waals surface area contributed by atoms with E-state index in [2.05, 4.69) is 12.1 Å². The van der Waals surface area contributed by atoms with Crippen molar-refractivity contribution in [2.45, 2.75) is 58.3 Å². The lowest BCUT2D eigenvalue weighted by molar-refractivity contribution is 0.317. The van der Waals surface area contributed by atoms with E-state index >= 15 is 0 Å². The number of aromatic hydroxyl groups is 1. The van der Waals surface area contributed by atoms with Crippen molar-refractivity contribution in [2.24, 2.45) is 5.16 Å². The van der Waals surface area contributed by atoms with Crippen molar-refractivity contribution in [3.8, 4) is 11.5 Å². The lowest BCUT2D eigenvalue weighted by Gasteiger charge is -2.08. The summed E-state index contributed by atoms with van der Waals surface area (Å²) in [6.07, 6.45) is 9.12. The van der Waals surface area contributed by atoms with Gasteiger partial charge in [0.15, 0.2) is 0 Å². The number of phenolic OH excluding ortho intramolecular Hbond substituents is 1. The van der Waals surface area contributed by atoms with Crippen LogP contribution in [0.5, 0.6) is 11.5 Å². The van der Waals surface area contributed by atoms with Crippen LogP contribution in [0.2, 0.25) is 0 Å². The number of methoxy groups -OCH3 is 1. The van der Waals surface area contributed by atoms with Crippen LogP contribution in [0.15, 0.2) is 23.4 Å². The Balaban J connectivity index is 2.42. The Morgan fingerprint density at radius 2 is 1.76 bits per heavy atom. The van der Waals surface area contributed by atoms with Crippen molar-refractivity contribution in [1.82, 2.24) is 0 Å². The molecule has 0 unspecified atom stereocenters. The quantitative estimate of drug-likeness (QED) is 0.284. The van der Waals surface area contributed by atoms with Gasteiger partial charge in [0.25, 0.3) is 0 Å². The van der Waals surface area contributed by atoms with E-state index in [0.29, 0.717) is 23.4 Å². The van der Waals surface area contributed by atoms with Crippen LogP contribution < -0.4 is 4.74 Å². The normalized spacial score (nSPS) is 11.6. The van der Waals surface area contributed by atoms with Gasteiger partial charge in [0, 0.05) is 11.6 Å². The second-order valence-corrected chi connectivity index (χ2v) is 5.30. The van der Waals surface area contributed by atoms with Crippen molar-refractivity contribution < 1.29 is 15.1 Å². The third kappa shape index (κ3) is 6.06. The molecular formula is C17H27NO3. The largest absolute Gasteiger partial charge is 0.507 e. The summed E-state index contributed by atoms with van der Waals surface area (Å²) in [6.45, 7) is 2.21. The van der Waals surface area contributed by atoms with Crippen LogP contribution in [0, 0.1) is 0 Å². The molecule has 0 saturated heterocycles. The number of rotatable bonds is 10. The highest BCUT2D eigenvalue weighted by atomic mass is 16.5. The molecule has 0 amide bonds. The van der Waals surface area contributed by atoms with Crippen LogP contribution in [-0.2, 0) is 0 Å². The molecule has 0 saturated carbocycles. The van der Waals surface area contributed by atoms with E-state index in [9.17, 15) is 5.11 Å². The monoisotopic (exact) mass is 293 g/mol. The first-order valence-corrected chi connectivity index (χ1v) is 7.81. The molecule has 0 aliphatic heterocycles. The van der Waals surface area contributed by atoms with Gasteiger partial charge in [-0.1, -0.05) is 50.6 Å².